The molecule has 3 rings (SSSR count). The zero-order chi connectivity index (χ0) is 24.0. The van der Waals surface area contributed by atoms with Gasteiger partial charge in [-0.15, -0.1) is 0 Å². The minimum absolute atomic E-state index is 0.203. The van der Waals surface area contributed by atoms with E-state index in [1.54, 1.807) is 60.7 Å². The number of sulfonamides is 1. The lowest BCUT2D eigenvalue weighted by atomic mass is 10.0. The molecule has 7 nitrogen and oxygen atoms in total. The molecule has 33 heavy (non-hydrogen) atoms. The van der Waals surface area contributed by atoms with Crippen LogP contribution in [0.4, 0.5) is 11.4 Å². The van der Waals surface area contributed by atoms with E-state index >= 15 is 0 Å². The average Bonchev–Trinajstić information content (AvgIpc) is 2.79. The minimum atomic E-state index is -3.76. The molecule has 0 aliphatic carbocycles. The highest BCUT2D eigenvalue weighted by molar-refractivity contribution is 7.92. The molecule has 0 bridgehead atoms. The molecule has 0 fully saturated rings. The second-order valence-electron chi connectivity index (χ2n) is 7.13. The lowest BCUT2D eigenvalue weighted by Gasteiger charge is -2.22. The fourth-order valence-corrected chi connectivity index (χ4v) is 4.18. The maximum atomic E-state index is 13.0. The normalized spacial score (nSPS) is 11.0. The van der Waals surface area contributed by atoms with E-state index in [1.807, 2.05) is 6.92 Å². The van der Waals surface area contributed by atoms with Crippen molar-refractivity contribution < 1.29 is 22.7 Å². The third-order valence-corrected chi connectivity index (χ3v) is 6.04. The molecule has 9 heteroatoms. The molecule has 0 aliphatic heterocycles. The Morgan fingerprint density at radius 2 is 1.67 bits per heavy atom. The van der Waals surface area contributed by atoms with Crippen LogP contribution < -0.4 is 14.4 Å². The van der Waals surface area contributed by atoms with Gasteiger partial charge in [0.1, 0.15) is 12.3 Å². The third kappa shape index (κ3) is 6.34. The number of anilines is 2. The number of ketones is 1. The first kappa shape index (κ1) is 24.3. The molecule has 172 valence electrons. The number of carbonyl (C=O) groups is 2. The molecule has 0 saturated heterocycles. The monoisotopic (exact) mass is 486 g/mol. The van der Waals surface area contributed by atoms with E-state index in [-0.39, 0.29) is 17.0 Å². The van der Waals surface area contributed by atoms with Crippen molar-refractivity contribution in [2.75, 3.05) is 29.0 Å². The van der Waals surface area contributed by atoms with Gasteiger partial charge >= 0.3 is 0 Å². The second-order valence-corrected chi connectivity index (χ2v) is 9.47. The van der Waals surface area contributed by atoms with Gasteiger partial charge in [-0.05, 0) is 49.4 Å². The first-order valence-electron chi connectivity index (χ1n) is 10.1. The number of nitrogens with zero attached hydrogens (tertiary/aromatic N) is 1. The van der Waals surface area contributed by atoms with Gasteiger partial charge in [0.25, 0.3) is 0 Å². The van der Waals surface area contributed by atoms with Crippen molar-refractivity contribution in [3.63, 3.8) is 0 Å². The van der Waals surface area contributed by atoms with E-state index in [0.29, 0.717) is 28.6 Å². The van der Waals surface area contributed by atoms with E-state index in [2.05, 4.69) is 5.32 Å². The summed E-state index contributed by atoms with van der Waals surface area (Å²) >= 11 is 6.08. The van der Waals surface area contributed by atoms with Gasteiger partial charge in [0, 0.05) is 16.1 Å². The highest BCUT2D eigenvalue weighted by Gasteiger charge is 2.22. The van der Waals surface area contributed by atoms with Gasteiger partial charge in [0.2, 0.25) is 15.9 Å². The number of hydrogen-bond donors (Lipinski definition) is 1. The Labute approximate surface area is 198 Å². The zero-order valence-electron chi connectivity index (χ0n) is 18.1. The number of benzene rings is 3. The van der Waals surface area contributed by atoms with Gasteiger partial charge in [-0.2, -0.15) is 0 Å². The maximum absolute atomic E-state index is 13.0. The lowest BCUT2D eigenvalue weighted by molar-refractivity contribution is -0.114. The Kier molecular flexibility index (Phi) is 7.73. The van der Waals surface area contributed by atoms with E-state index in [4.69, 9.17) is 16.3 Å². The van der Waals surface area contributed by atoms with Gasteiger partial charge in [-0.25, -0.2) is 8.42 Å². The van der Waals surface area contributed by atoms with E-state index in [9.17, 15) is 18.0 Å². The molecule has 0 heterocycles. The predicted molar refractivity (Wildman–Crippen MR) is 130 cm³/mol. The molecule has 0 unspecified atom stereocenters. The summed E-state index contributed by atoms with van der Waals surface area (Å²) in [5, 5.41) is 2.98. The quantitative estimate of drug-likeness (QED) is 0.453. The SMILES string of the molecule is CCOc1ccc(N(CC(=O)Nc2ccc(Cl)cc2C(=O)c2ccccc2)S(C)(=O)=O)cc1. The minimum Gasteiger partial charge on any atom is -0.494 e. The number of rotatable bonds is 9. The van der Waals surface area contributed by atoms with Crippen molar-refractivity contribution in [1.29, 1.82) is 0 Å². The zero-order valence-corrected chi connectivity index (χ0v) is 19.7. The van der Waals surface area contributed by atoms with Crippen molar-refractivity contribution >= 4 is 44.7 Å². The molecule has 3 aromatic carbocycles. The fraction of sp³-hybridized carbons (Fsp3) is 0.167. The van der Waals surface area contributed by atoms with E-state index in [0.717, 1.165) is 10.6 Å². The van der Waals surface area contributed by atoms with Crippen molar-refractivity contribution in [3.8, 4) is 5.75 Å². The molecular weight excluding hydrogens is 464 g/mol. The summed E-state index contributed by atoms with van der Waals surface area (Å²) in [5.74, 6) is -0.344. The molecular formula is C24H23ClN2O5S. The van der Waals surface area contributed by atoms with Crippen LogP contribution in [0.1, 0.15) is 22.8 Å². The van der Waals surface area contributed by atoms with Crippen LogP contribution in [0, 0.1) is 0 Å². The van der Waals surface area contributed by atoms with Gasteiger partial charge in [-0.1, -0.05) is 41.9 Å². The van der Waals surface area contributed by atoms with Crippen LogP contribution in [0.15, 0.2) is 72.8 Å². The lowest BCUT2D eigenvalue weighted by Crippen LogP contribution is -2.37. The average molecular weight is 487 g/mol. The third-order valence-electron chi connectivity index (χ3n) is 4.66. The van der Waals surface area contributed by atoms with Gasteiger partial charge in [0.15, 0.2) is 5.78 Å². The number of carbonyl (C=O) groups excluding carboxylic acids is 2. The topological polar surface area (TPSA) is 92.8 Å². The summed E-state index contributed by atoms with van der Waals surface area (Å²) in [6.45, 7) is 1.84. The fourth-order valence-electron chi connectivity index (χ4n) is 3.15. The standard InChI is InChI=1S/C24H23ClN2O5S/c1-3-32-20-12-10-19(11-13-20)27(33(2,30)31)16-23(28)26-22-14-9-18(25)15-21(22)24(29)17-7-5-4-6-8-17/h4-15H,3,16H2,1-2H3,(H,26,28). The van der Waals surface area contributed by atoms with Crippen molar-refractivity contribution in [2.24, 2.45) is 0 Å². The summed E-state index contributed by atoms with van der Waals surface area (Å²) in [5.41, 5.74) is 1.18. The molecule has 0 aliphatic rings. The smallest absolute Gasteiger partial charge is 0.245 e. The van der Waals surface area contributed by atoms with Crippen LogP contribution in [0.5, 0.6) is 5.75 Å². The predicted octanol–water partition coefficient (Wildman–Crippen LogP) is 4.37. The summed E-state index contributed by atoms with van der Waals surface area (Å²) in [4.78, 5) is 25.8. The second kappa shape index (κ2) is 10.5. The van der Waals surface area contributed by atoms with Crippen LogP contribution in [0.2, 0.25) is 5.02 Å². The van der Waals surface area contributed by atoms with Crippen LogP contribution in [-0.4, -0.2) is 39.5 Å². The molecule has 1 N–H and O–H groups in total. The molecule has 3 aromatic rings. The molecule has 0 aromatic heterocycles. The molecule has 0 saturated carbocycles. The van der Waals surface area contributed by atoms with Crippen LogP contribution >= 0.6 is 11.6 Å². The summed E-state index contributed by atoms with van der Waals surface area (Å²) in [6.07, 6.45) is 1.02. The maximum Gasteiger partial charge on any atom is 0.245 e. The summed E-state index contributed by atoms with van der Waals surface area (Å²) in [7, 11) is -3.76. The Morgan fingerprint density at radius 1 is 1.00 bits per heavy atom. The van der Waals surface area contributed by atoms with Crippen molar-refractivity contribution in [1.82, 2.24) is 0 Å². The Bertz CT molecular complexity index is 1250. The largest absolute Gasteiger partial charge is 0.494 e. The molecule has 0 atom stereocenters. The molecule has 1 amide bonds. The number of nitrogens with one attached hydrogen (secondary N) is 1. The van der Waals surface area contributed by atoms with Crippen LogP contribution in [-0.2, 0) is 14.8 Å². The first-order valence-corrected chi connectivity index (χ1v) is 12.3. The number of ether oxygens (including phenoxy) is 1. The Balaban J connectivity index is 1.85. The van der Waals surface area contributed by atoms with E-state index in [1.165, 1.54) is 12.1 Å². The first-order chi connectivity index (χ1) is 15.7. The highest BCUT2D eigenvalue weighted by atomic mass is 35.5. The van der Waals surface area contributed by atoms with Crippen molar-refractivity contribution in [3.05, 3.63) is 88.9 Å². The van der Waals surface area contributed by atoms with Gasteiger partial charge < -0.3 is 10.1 Å². The summed E-state index contributed by atoms with van der Waals surface area (Å²) < 4.78 is 31.1. The van der Waals surface area contributed by atoms with E-state index < -0.39 is 22.5 Å². The molecule has 0 radical (unpaired) electrons. The number of hydrogen-bond acceptors (Lipinski definition) is 5. The summed E-state index contributed by atoms with van der Waals surface area (Å²) in [6, 6.07) is 19.5. The van der Waals surface area contributed by atoms with Crippen LogP contribution in [0.3, 0.4) is 0 Å². The van der Waals surface area contributed by atoms with Crippen molar-refractivity contribution in [2.45, 2.75) is 6.92 Å². The number of amides is 1. The van der Waals surface area contributed by atoms with Crippen LogP contribution in [0.25, 0.3) is 0 Å². The Hall–Kier alpha value is -3.36. The highest BCUT2D eigenvalue weighted by Crippen LogP contribution is 2.25. The number of halogens is 1. The molecule has 0 spiro atoms. The van der Waals surface area contributed by atoms with Gasteiger partial charge in [0.05, 0.1) is 24.2 Å². The Morgan fingerprint density at radius 3 is 2.27 bits per heavy atom. The van der Waals surface area contributed by atoms with Gasteiger partial charge in [-0.3, -0.25) is 13.9 Å².